The number of rotatable bonds is 11. The summed E-state index contributed by atoms with van der Waals surface area (Å²) in [6.45, 7) is 15.0. The van der Waals surface area contributed by atoms with Gasteiger partial charge in [0.15, 0.2) is 0 Å². The van der Waals surface area contributed by atoms with Crippen molar-refractivity contribution in [3.63, 3.8) is 0 Å². The Hall–Kier alpha value is 0.704. The van der Waals surface area contributed by atoms with Crippen LogP contribution in [0.1, 0.15) is 54.4 Å². The fourth-order valence-corrected chi connectivity index (χ4v) is 15.6. The molecule has 0 aromatic heterocycles. The van der Waals surface area contributed by atoms with E-state index in [0.29, 0.717) is 0 Å². The van der Waals surface area contributed by atoms with Gasteiger partial charge in [0, 0.05) is 17.2 Å². The first-order chi connectivity index (χ1) is 9.01. The molecule has 0 saturated carbocycles. The highest BCUT2D eigenvalue weighted by Crippen LogP contribution is 2.42. The minimum Gasteiger partial charge on any atom is -0.396 e. The van der Waals surface area contributed by atoms with Gasteiger partial charge < -0.3 is 8.85 Å². The van der Waals surface area contributed by atoms with E-state index in [-0.39, 0.29) is 3.99 Å². The first kappa shape index (κ1) is 19.7. The molecular weight excluding hydrogens is 288 g/mol. The monoisotopic (exact) mass is 322 g/mol. The second kappa shape index (κ2) is 9.61. The zero-order chi connectivity index (χ0) is 14.9. The molecular formula is C14H34O2SSi2. The van der Waals surface area contributed by atoms with E-state index in [2.05, 4.69) is 41.5 Å². The van der Waals surface area contributed by atoms with Gasteiger partial charge in [0.2, 0.25) is 0 Å². The smallest absolute Gasteiger partial charge is 0.334 e. The van der Waals surface area contributed by atoms with Crippen LogP contribution in [0.4, 0.5) is 0 Å². The lowest BCUT2D eigenvalue weighted by atomic mass is 10.4. The molecule has 116 valence electrons. The van der Waals surface area contributed by atoms with Crippen molar-refractivity contribution >= 4 is 30.0 Å². The Bertz CT molecular complexity index is 223. The average Bonchev–Trinajstić information content (AvgIpc) is 2.41. The van der Waals surface area contributed by atoms with E-state index in [9.17, 15) is 0 Å². The summed E-state index contributed by atoms with van der Waals surface area (Å²) in [6, 6.07) is 3.85. The van der Waals surface area contributed by atoms with E-state index >= 15 is 0 Å². The van der Waals surface area contributed by atoms with E-state index in [1.807, 2.05) is 0 Å². The van der Waals surface area contributed by atoms with Crippen LogP contribution in [-0.4, -0.2) is 34.6 Å². The van der Waals surface area contributed by atoms with Crippen molar-refractivity contribution in [3.05, 3.63) is 0 Å². The third kappa shape index (κ3) is 4.33. The predicted octanol–water partition coefficient (Wildman–Crippen LogP) is 4.34. The van der Waals surface area contributed by atoms with Crippen LogP contribution in [0.3, 0.4) is 0 Å². The Morgan fingerprint density at radius 3 is 1.58 bits per heavy atom. The molecule has 0 aliphatic heterocycles. The van der Waals surface area contributed by atoms with Gasteiger partial charge >= 0.3 is 9.28 Å². The van der Waals surface area contributed by atoms with Crippen molar-refractivity contribution in [2.75, 3.05) is 13.2 Å². The maximum absolute atomic E-state index is 6.09. The van der Waals surface area contributed by atoms with Crippen LogP contribution in [0.5, 0.6) is 0 Å². The van der Waals surface area contributed by atoms with Gasteiger partial charge in [0.05, 0.1) is 8.07 Å². The summed E-state index contributed by atoms with van der Waals surface area (Å²) in [5.74, 6) is 0. The Balaban J connectivity index is 5.49. The summed E-state index contributed by atoms with van der Waals surface area (Å²) in [7, 11) is -3.19. The summed E-state index contributed by atoms with van der Waals surface area (Å²) in [5.41, 5.74) is 0. The first-order valence-electron chi connectivity index (χ1n) is 7.97. The highest BCUT2D eigenvalue weighted by molar-refractivity contribution is 7.86. The van der Waals surface area contributed by atoms with Crippen molar-refractivity contribution < 1.29 is 8.85 Å². The van der Waals surface area contributed by atoms with Crippen LogP contribution >= 0.6 is 12.6 Å². The predicted molar refractivity (Wildman–Crippen MR) is 94.2 cm³/mol. The molecule has 1 atom stereocenters. The highest BCUT2D eigenvalue weighted by atomic mass is 32.1. The molecule has 0 amide bonds. The number of hydrogen-bond acceptors (Lipinski definition) is 3. The SMILES string of the molecule is CCC[C@@](S)([SiH](OCC)OCC)[Si](CC)(CC)CC. The minimum absolute atomic E-state index is 0.0615. The fourth-order valence-electron chi connectivity index (χ4n) is 3.31. The molecule has 2 nitrogen and oxygen atoms in total. The molecule has 0 radical (unpaired) electrons. The molecule has 0 aromatic carbocycles. The van der Waals surface area contributed by atoms with Crippen molar-refractivity contribution in [3.8, 4) is 0 Å². The molecule has 0 aliphatic rings. The second-order valence-corrected chi connectivity index (χ2v) is 15.4. The summed E-state index contributed by atoms with van der Waals surface area (Å²) in [5, 5.41) is 0. The topological polar surface area (TPSA) is 18.5 Å². The molecule has 5 heteroatoms. The Kier molecular flexibility index (Phi) is 9.96. The first-order valence-corrected chi connectivity index (χ1v) is 12.6. The minimum atomic E-state index is -1.73. The van der Waals surface area contributed by atoms with Crippen molar-refractivity contribution in [2.45, 2.75) is 76.5 Å². The van der Waals surface area contributed by atoms with Crippen LogP contribution in [0, 0.1) is 0 Å². The summed E-state index contributed by atoms with van der Waals surface area (Å²) < 4.78 is 12.2. The molecule has 0 aliphatic carbocycles. The van der Waals surface area contributed by atoms with Gasteiger partial charge in [0.1, 0.15) is 0 Å². The van der Waals surface area contributed by atoms with E-state index in [1.165, 1.54) is 24.6 Å². The second-order valence-electron chi connectivity index (χ2n) is 5.26. The standard InChI is InChI=1S/C14H34O2SSi2/c1-7-13-14(17,18(15-8-2)16-9-3)19(10-4,11-5)12-6/h17-18H,7-13H2,1-6H3/t14-/m1/s1. The molecule has 0 unspecified atom stereocenters. The van der Waals surface area contributed by atoms with Gasteiger partial charge in [-0.3, -0.25) is 0 Å². The summed E-state index contributed by atoms with van der Waals surface area (Å²) in [4.78, 5) is 0. The lowest BCUT2D eigenvalue weighted by molar-refractivity contribution is 0.206. The van der Waals surface area contributed by atoms with Crippen molar-refractivity contribution in [1.29, 1.82) is 0 Å². The van der Waals surface area contributed by atoms with E-state index in [4.69, 9.17) is 21.5 Å². The lowest BCUT2D eigenvalue weighted by Gasteiger charge is -2.48. The molecule has 0 spiro atoms. The highest BCUT2D eigenvalue weighted by Gasteiger charge is 2.54. The summed E-state index contributed by atoms with van der Waals surface area (Å²) in [6.07, 6.45) is 2.32. The van der Waals surface area contributed by atoms with Crippen molar-refractivity contribution in [2.24, 2.45) is 0 Å². The zero-order valence-corrected chi connectivity index (χ0v) is 16.8. The Morgan fingerprint density at radius 1 is 0.895 bits per heavy atom. The Morgan fingerprint density at radius 2 is 1.32 bits per heavy atom. The maximum atomic E-state index is 6.09. The molecule has 0 fully saturated rings. The van der Waals surface area contributed by atoms with Gasteiger partial charge in [-0.05, 0) is 20.3 Å². The van der Waals surface area contributed by atoms with E-state index in [0.717, 1.165) is 19.6 Å². The van der Waals surface area contributed by atoms with Gasteiger partial charge in [-0.25, -0.2) is 0 Å². The van der Waals surface area contributed by atoms with Crippen LogP contribution in [-0.2, 0) is 8.85 Å². The largest absolute Gasteiger partial charge is 0.396 e. The Labute approximate surface area is 128 Å². The lowest BCUT2D eigenvalue weighted by Crippen LogP contribution is -2.64. The van der Waals surface area contributed by atoms with Crippen LogP contribution in [0.15, 0.2) is 0 Å². The number of thiol groups is 1. The number of hydrogen-bond donors (Lipinski definition) is 1. The maximum Gasteiger partial charge on any atom is 0.334 e. The third-order valence-electron chi connectivity index (χ3n) is 4.61. The molecule has 0 bridgehead atoms. The zero-order valence-electron chi connectivity index (χ0n) is 13.8. The van der Waals surface area contributed by atoms with Gasteiger partial charge in [0.25, 0.3) is 0 Å². The third-order valence-corrected chi connectivity index (χ3v) is 17.9. The quantitative estimate of drug-likeness (QED) is 0.451. The molecule has 0 aromatic rings. The van der Waals surface area contributed by atoms with E-state index < -0.39 is 17.4 Å². The molecule has 0 rings (SSSR count). The fraction of sp³-hybridized carbons (Fsp3) is 1.00. The van der Waals surface area contributed by atoms with Crippen LogP contribution in [0.25, 0.3) is 0 Å². The molecule has 0 N–H and O–H groups in total. The van der Waals surface area contributed by atoms with Crippen molar-refractivity contribution in [1.82, 2.24) is 0 Å². The molecule has 19 heavy (non-hydrogen) atoms. The van der Waals surface area contributed by atoms with E-state index in [1.54, 1.807) is 0 Å². The van der Waals surface area contributed by atoms with Gasteiger partial charge in [-0.15, -0.1) is 0 Å². The van der Waals surface area contributed by atoms with Crippen LogP contribution < -0.4 is 0 Å². The van der Waals surface area contributed by atoms with Gasteiger partial charge in [-0.2, -0.15) is 12.6 Å². The molecule has 0 heterocycles. The summed E-state index contributed by atoms with van der Waals surface area (Å²) >= 11 is 5.26. The normalized spacial score (nSPS) is 15.8. The molecule has 0 saturated heterocycles. The average molecular weight is 323 g/mol. The van der Waals surface area contributed by atoms with Crippen LogP contribution in [0.2, 0.25) is 18.1 Å². The van der Waals surface area contributed by atoms with Gasteiger partial charge in [-0.1, -0.05) is 52.2 Å².